The van der Waals surface area contributed by atoms with Crippen molar-refractivity contribution in [3.63, 3.8) is 0 Å². The summed E-state index contributed by atoms with van der Waals surface area (Å²) in [7, 11) is 0. The van der Waals surface area contributed by atoms with Crippen LogP contribution in [-0.2, 0) is 6.18 Å². The summed E-state index contributed by atoms with van der Waals surface area (Å²) < 4.78 is 41.1. The van der Waals surface area contributed by atoms with Gasteiger partial charge in [0, 0.05) is 11.8 Å². The third-order valence-electron chi connectivity index (χ3n) is 4.25. The molecule has 2 aromatic heterocycles. The number of aromatic nitrogens is 3. The first kappa shape index (κ1) is 19.8. The maximum absolute atomic E-state index is 13.0. The molecule has 0 atom stereocenters. The maximum Gasteiger partial charge on any atom is 0.416 e. The van der Waals surface area contributed by atoms with Crippen LogP contribution in [0.25, 0.3) is 15.9 Å². The molecular formula is C20H13F3N4O2S. The van der Waals surface area contributed by atoms with Crippen molar-refractivity contribution in [2.75, 3.05) is 5.32 Å². The molecule has 1 N–H and O–H groups in total. The van der Waals surface area contributed by atoms with Gasteiger partial charge in [0.15, 0.2) is 10.8 Å². The molecule has 2 heterocycles. The van der Waals surface area contributed by atoms with E-state index in [1.54, 1.807) is 6.07 Å². The average molecular weight is 430 g/mol. The lowest BCUT2D eigenvalue weighted by Crippen LogP contribution is -2.27. The molecule has 0 aliphatic heterocycles. The first-order valence-electron chi connectivity index (χ1n) is 8.68. The third kappa shape index (κ3) is 3.81. The van der Waals surface area contributed by atoms with Gasteiger partial charge >= 0.3 is 6.18 Å². The molecule has 30 heavy (non-hydrogen) atoms. The van der Waals surface area contributed by atoms with Gasteiger partial charge in [0.05, 0.1) is 21.5 Å². The number of para-hydroxylation sites is 1. The number of benzene rings is 2. The predicted octanol–water partition coefficient (Wildman–Crippen LogP) is 4.42. The normalized spacial score (nSPS) is 11.6. The van der Waals surface area contributed by atoms with E-state index in [0.717, 1.165) is 27.6 Å². The number of thiazole rings is 1. The fourth-order valence-corrected chi connectivity index (χ4v) is 3.72. The van der Waals surface area contributed by atoms with Crippen LogP contribution in [0.1, 0.15) is 21.7 Å². The first-order valence-corrected chi connectivity index (χ1v) is 9.49. The van der Waals surface area contributed by atoms with Gasteiger partial charge in [-0.2, -0.15) is 18.3 Å². The fourth-order valence-electron chi connectivity index (χ4n) is 2.86. The summed E-state index contributed by atoms with van der Waals surface area (Å²) in [5, 5.41) is 6.84. The minimum absolute atomic E-state index is 0.0800. The quantitative estimate of drug-likeness (QED) is 0.522. The molecule has 0 saturated carbocycles. The number of hydrogen-bond acceptors (Lipinski definition) is 5. The number of alkyl halides is 3. The summed E-state index contributed by atoms with van der Waals surface area (Å²) >= 11 is 1.23. The lowest BCUT2D eigenvalue weighted by atomic mass is 10.2. The SMILES string of the molecule is Cc1cc(=O)c(C(=O)Nc2nc3ccccc3s2)nn1-c1cccc(C(F)(F)F)c1. The second-order valence-electron chi connectivity index (χ2n) is 6.40. The summed E-state index contributed by atoms with van der Waals surface area (Å²) in [5.74, 6) is -0.792. The fraction of sp³-hybridized carbons (Fsp3) is 0.100. The first-order chi connectivity index (χ1) is 14.2. The van der Waals surface area contributed by atoms with Gasteiger partial charge in [-0.3, -0.25) is 14.9 Å². The Hall–Kier alpha value is -3.53. The van der Waals surface area contributed by atoms with Gasteiger partial charge in [-0.1, -0.05) is 29.5 Å². The van der Waals surface area contributed by atoms with Gasteiger partial charge in [0.2, 0.25) is 5.43 Å². The van der Waals surface area contributed by atoms with Gasteiger partial charge < -0.3 is 0 Å². The zero-order valence-electron chi connectivity index (χ0n) is 15.4. The number of nitrogens with zero attached hydrogens (tertiary/aromatic N) is 3. The van der Waals surface area contributed by atoms with Crippen molar-refractivity contribution >= 4 is 32.6 Å². The van der Waals surface area contributed by atoms with E-state index >= 15 is 0 Å². The number of rotatable bonds is 3. The molecule has 6 nitrogen and oxygen atoms in total. The molecule has 2 aromatic carbocycles. The van der Waals surface area contributed by atoms with Crippen LogP contribution in [0.2, 0.25) is 0 Å². The van der Waals surface area contributed by atoms with E-state index in [0.29, 0.717) is 5.52 Å². The van der Waals surface area contributed by atoms with Crippen LogP contribution in [-0.4, -0.2) is 20.7 Å². The molecule has 0 radical (unpaired) electrons. The van der Waals surface area contributed by atoms with Crippen molar-refractivity contribution in [2.45, 2.75) is 13.1 Å². The number of nitrogens with one attached hydrogen (secondary N) is 1. The Balaban J connectivity index is 1.71. The van der Waals surface area contributed by atoms with Crippen molar-refractivity contribution in [2.24, 2.45) is 0 Å². The van der Waals surface area contributed by atoms with Crippen molar-refractivity contribution in [3.8, 4) is 5.69 Å². The van der Waals surface area contributed by atoms with Gasteiger partial charge in [0.25, 0.3) is 5.91 Å². The Morgan fingerprint density at radius 1 is 1.10 bits per heavy atom. The number of fused-ring (bicyclic) bond motifs is 1. The van der Waals surface area contributed by atoms with Gasteiger partial charge in [-0.15, -0.1) is 0 Å². The predicted molar refractivity (Wildman–Crippen MR) is 107 cm³/mol. The summed E-state index contributed by atoms with van der Waals surface area (Å²) in [5.41, 5.74) is -0.893. The highest BCUT2D eigenvalue weighted by molar-refractivity contribution is 7.22. The molecule has 4 rings (SSSR count). The number of amides is 1. The highest BCUT2D eigenvalue weighted by atomic mass is 32.1. The second kappa shape index (κ2) is 7.38. The van der Waals surface area contributed by atoms with Crippen LogP contribution in [0.3, 0.4) is 0 Å². The Kier molecular flexibility index (Phi) is 4.86. The number of aryl methyl sites for hydroxylation is 1. The zero-order valence-corrected chi connectivity index (χ0v) is 16.2. The Morgan fingerprint density at radius 2 is 1.87 bits per heavy atom. The standard InChI is InChI=1S/C20H13F3N4O2S/c1-11-9-15(28)17(18(29)25-19-24-14-7-2-3-8-16(14)30-19)26-27(11)13-6-4-5-12(10-13)20(21,22)23/h2-10H,1H3,(H,24,25,29). The lowest BCUT2D eigenvalue weighted by molar-refractivity contribution is -0.137. The van der Waals surface area contributed by atoms with Crippen molar-refractivity contribution < 1.29 is 18.0 Å². The largest absolute Gasteiger partial charge is 0.416 e. The van der Waals surface area contributed by atoms with E-state index in [-0.39, 0.29) is 16.5 Å². The van der Waals surface area contributed by atoms with Crippen LogP contribution in [0.5, 0.6) is 0 Å². The second-order valence-corrected chi connectivity index (χ2v) is 7.43. The molecule has 0 spiro atoms. The monoisotopic (exact) mass is 430 g/mol. The molecule has 0 aliphatic rings. The number of carbonyl (C=O) groups excluding carboxylic acids is 1. The van der Waals surface area contributed by atoms with E-state index in [4.69, 9.17) is 0 Å². The number of anilines is 1. The molecule has 10 heteroatoms. The molecule has 0 saturated heterocycles. The summed E-state index contributed by atoms with van der Waals surface area (Å²) in [6.45, 7) is 1.52. The summed E-state index contributed by atoms with van der Waals surface area (Å²) in [6.07, 6.45) is -4.53. The average Bonchev–Trinajstić information content (AvgIpc) is 3.09. The van der Waals surface area contributed by atoms with Gasteiger partial charge in [-0.25, -0.2) is 9.67 Å². The molecule has 1 amide bonds. The lowest BCUT2D eigenvalue weighted by Gasteiger charge is -2.13. The van der Waals surface area contributed by atoms with Gasteiger partial charge in [-0.05, 0) is 37.3 Å². The maximum atomic E-state index is 13.0. The molecule has 0 bridgehead atoms. The van der Waals surface area contributed by atoms with E-state index in [2.05, 4.69) is 15.4 Å². The Bertz CT molecular complexity index is 1290. The molecule has 0 fully saturated rings. The van der Waals surface area contributed by atoms with Gasteiger partial charge in [0.1, 0.15) is 0 Å². The molecular weight excluding hydrogens is 417 g/mol. The van der Waals surface area contributed by atoms with E-state index in [9.17, 15) is 22.8 Å². The summed E-state index contributed by atoms with van der Waals surface area (Å²) in [4.78, 5) is 29.2. The summed E-state index contributed by atoms with van der Waals surface area (Å²) in [6, 6.07) is 12.9. The molecule has 0 unspecified atom stereocenters. The number of halogens is 3. The van der Waals surface area contributed by atoms with Crippen molar-refractivity contribution in [1.29, 1.82) is 0 Å². The van der Waals surface area contributed by atoms with Crippen LogP contribution in [0.15, 0.2) is 59.4 Å². The van der Waals surface area contributed by atoms with Crippen LogP contribution >= 0.6 is 11.3 Å². The minimum atomic E-state index is -4.53. The molecule has 152 valence electrons. The zero-order chi connectivity index (χ0) is 21.5. The van der Waals surface area contributed by atoms with E-state index < -0.39 is 28.8 Å². The topological polar surface area (TPSA) is 76.9 Å². The van der Waals surface area contributed by atoms with Crippen molar-refractivity contribution in [3.05, 3.63) is 81.8 Å². The molecule has 4 aromatic rings. The highest BCUT2D eigenvalue weighted by Gasteiger charge is 2.30. The van der Waals surface area contributed by atoms with Crippen LogP contribution in [0.4, 0.5) is 18.3 Å². The van der Waals surface area contributed by atoms with Crippen LogP contribution in [0, 0.1) is 6.92 Å². The Morgan fingerprint density at radius 3 is 2.60 bits per heavy atom. The Labute approximate surface area is 171 Å². The smallest absolute Gasteiger partial charge is 0.296 e. The number of hydrogen-bond donors (Lipinski definition) is 1. The van der Waals surface area contributed by atoms with E-state index in [1.807, 2.05) is 18.2 Å². The highest BCUT2D eigenvalue weighted by Crippen LogP contribution is 2.30. The van der Waals surface area contributed by atoms with E-state index in [1.165, 1.54) is 30.4 Å². The molecule has 0 aliphatic carbocycles. The van der Waals surface area contributed by atoms with Crippen molar-refractivity contribution in [1.82, 2.24) is 14.8 Å². The number of carbonyl (C=O) groups is 1. The van der Waals surface area contributed by atoms with Crippen LogP contribution < -0.4 is 10.7 Å². The third-order valence-corrected chi connectivity index (χ3v) is 5.21. The minimum Gasteiger partial charge on any atom is -0.296 e.